The highest BCUT2D eigenvalue weighted by molar-refractivity contribution is 5.72. The maximum absolute atomic E-state index is 11.7. The highest BCUT2D eigenvalue weighted by atomic mass is 16.6. The van der Waals surface area contributed by atoms with Crippen molar-refractivity contribution in [1.82, 2.24) is 0 Å². The van der Waals surface area contributed by atoms with Crippen LogP contribution in [0, 0.1) is 12.3 Å². The molecule has 0 radical (unpaired) electrons. The smallest absolute Gasteiger partial charge is 0.344 e. The number of terminal acetylenes is 1. The Kier molecular flexibility index (Phi) is 7.08. The molecule has 0 spiro atoms. The van der Waals surface area contributed by atoms with Gasteiger partial charge in [-0.2, -0.15) is 0 Å². The first kappa shape index (κ1) is 21.4. The molecule has 0 saturated heterocycles. The van der Waals surface area contributed by atoms with E-state index >= 15 is 0 Å². The molecule has 0 saturated carbocycles. The van der Waals surface area contributed by atoms with Crippen LogP contribution >= 0.6 is 0 Å². The molecular formula is C20H26O6. The van der Waals surface area contributed by atoms with Crippen molar-refractivity contribution in [2.75, 3.05) is 13.2 Å². The van der Waals surface area contributed by atoms with Crippen molar-refractivity contribution in [3.05, 3.63) is 23.8 Å². The molecule has 6 nitrogen and oxygen atoms in total. The van der Waals surface area contributed by atoms with E-state index in [1.54, 1.807) is 53.7 Å². The van der Waals surface area contributed by atoms with Crippen LogP contribution in [0.3, 0.4) is 0 Å². The summed E-state index contributed by atoms with van der Waals surface area (Å²) in [5, 5.41) is 0. The monoisotopic (exact) mass is 362 g/mol. The molecule has 0 aliphatic carbocycles. The van der Waals surface area contributed by atoms with E-state index in [4.69, 9.17) is 25.4 Å². The van der Waals surface area contributed by atoms with E-state index in [0.717, 1.165) is 0 Å². The molecule has 1 rings (SSSR count). The lowest BCUT2D eigenvalue weighted by Crippen LogP contribution is -2.27. The van der Waals surface area contributed by atoms with Crippen LogP contribution < -0.4 is 9.47 Å². The molecule has 6 heteroatoms. The fraction of sp³-hybridized carbons (Fsp3) is 0.500. The first-order valence-electron chi connectivity index (χ1n) is 8.19. The standard InChI is InChI=1S/C20H26O6/c1-8-14-9-15(23-12-17(21)25-19(2,3)4)11-16(10-14)24-13-18(22)26-20(5,6)7/h1,9-11H,12-13H2,2-7H3. The summed E-state index contributed by atoms with van der Waals surface area (Å²) in [5.41, 5.74) is -0.697. The van der Waals surface area contributed by atoms with Gasteiger partial charge in [-0.05, 0) is 53.7 Å². The summed E-state index contributed by atoms with van der Waals surface area (Å²) < 4.78 is 21.2. The minimum Gasteiger partial charge on any atom is -0.482 e. The molecule has 1 aromatic carbocycles. The number of hydrogen-bond donors (Lipinski definition) is 0. The molecule has 0 aromatic heterocycles. The van der Waals surface area contributed by atoms with Crippen molar-refractivity contribution in [3.63, 3.8) is 0 Å². The number of esters is 2. The van der Waals surface area contributed by atoms with Gasteiger partial charge in [0.15, 0.2) is 13.2 Å². The first-order valence-corrected chi connectivity index (χ1v) is 8.19. The third-order valence-corrected chi connectivity index (χ3v) is 2.60. The van der Waals surface area contributed by atoms with E-state index in [1.807, 2.05) is 0 Å². The maximum atomic E-state index is 11.7. The van der Waals surface area contributed by atoms with E-state index < -0.39 is 23.1 Å². The number of ether oxygens (including phenoxy) is 4. The van der Waals surface area contributed by atoms with Crippen LogP contribution in [0.4, 0.5) is 0 Å². The Morgan fingerprint density at radius 2 is 1.23 bits per heavy atom. The van der Waals surface area contributed by atoms with Gasteiger partial charge in [0, 0.05) is 11.6 Å². The molecule has 1 aromatic rings. The van der Waals surface area contributed by atoms with E-state index in [1.165, 1.54) is 6.07 Å². The Morgan fingerprint density at radius 1 is 0.846 bits per heavy atom. The summed E-state index contributed by atoms with van der Waals surface area (Å²) in [6.07, 6.45) is 5.42. The molecule has 0 atom stereocenters. The molecule has 0 aliphatic rings. The van der Waals surface area contributed by atoms with Crippen LogP contribution in [0.5, 0.6) is 11.5 Å². The third kappa shape index (κ3) is 8.97. The van der Waals surface area contributed by atoms with Crippen LogP contribution in [0.2, 0.25) is 0 Å². The maximum Gasteiger partial charge on any atom is 0.344 e. The quantitative estimate of drug-likeness (QED) is 0.572. The lowest BCUT2D eigenvalue weighted by Gasteiger charge is -2.20. The van der Waals surface area contributed by atoms with Gasteiger partial charge in [-0.3, -0.25) is 0 Å². The Balaban J connectivity index is 2.72. The minimum absolute atomic E-state index is 0.267. The predicted octanol–water partition coefficient (Wildman–Crippen LogP) is 3.11. The molecule has 0 bridgehead atoms. The summed E-state index contributed by atoms with van der Waals surface area (Å²) >= 11 is 0. The van der Waals surface area contributed by atoms with E-state index in [9.17, 15) is 9.59 Å². The molecule has 0 heterocycles. The first-order chi connectivity index (χ1) is 11.9. The van der Waals surface area contributed by atoms with E-state index in [-0.39, 0.29) is 13.2 Å². The second-order valence-electron chi connectivity index (χ2n) is 7.59. The number of carbonyl (C=O) groups is 2. The van der Waals surface area contributed by atoms with Gasteiger partial charge in [0.1, 0.15) is 22.7 Å². The van der Waals surface area contributed by atoms with Gasteiger partial charge in [-0.15, -0.1) is 6.42 Å². The molecule has 26 heavy (non-hydrogen) atoms. The van der Waals surface area contributed by atoms with E-state index in [0.29, 0.717) is 17.1 Å². The van der Waals surface area contributed by atoms with Gasteiger partial charge in [0.05, 0.1) is 0 Å². The van der Waals surface area contributed by atoms with Crippen molar-refractivity contribution in [2.24, 2.45) is 0 Å². The van der Waals surface area contributed by atoms with Crippen molar-refractivity contribution in [1.29, 1.82) is 0 Å². The molecule has 142 valence electrons. The Hall–Kier alpha value is -2.68. The Labute approximate surface area is 154 Å². The average molecular weight is 362 g/mol. The average Bonchev–Trinajstić information content (AvgIpc) is 2.47. The second kappa shape index (κ2) is 8.61. The highest BCUT2D eigenvalue weighted by Gasteiger charge is 2.18. The van der Waals surface area contributed by atoms with Crippen molar-refractivity contribution < 1.29 is 28.5 Å². The zero-order valence-corrected chi connectivity index (χ0v) is 16.2. The molecular weight excluding hydrogens is 336 g/mol. The van der Waals surface area contributed by atoms with Crippen molar-refractivity contribution in [2.45, 2.75) is 52.7 Å². The van der Waals surface area contributed by atoms with Gasteiger partial charge in [-0.1, -0.05) is 5.92 Å². The largest absolute Gasteiger partial charge is 0.482 e. The summed E-state index contributed by atoms with van der Waals surface area (Å²) in [7, 11) is 0. The molecule has 0 amide bonds. The Morgan fingerprint density at radius 3 is 1.54 bits per heavy atom. The summed E-state index contributed by atoms with van der Waals surface area (Å²) in [5.74, 6) is 2.14. The number of hydrogen-bond acceptors (Lipinski definition) is 6. The third-order valence-electron chi connectivity index (χ3n) is 2.60. The van der Waals surface area contributed by atoms with Crippen LogP contribution in [0.1, 0.15) is 47.1 Å². The fourth-order valence-electron chi connectivity index (χ4n) is 1.85. The van der Waals surface area contributed by atoms with Crippen molar-refractivity contribution >= 4 is 11.9 Å². The van der Waals surface area contributed by atoms with Gasteiger partial charge in [-0.25, -0.2) is 9.59 Å². The molecule has 0 unspecified atom stereocenters. The summed E-state index contributed by atoms with van der Waals surface area (Å²) in [6, 6.07) is 4.71. The van der Waals surface area contributed by atoms with Crippen LogP contribution in [-0.2, 0) is 19.1 Å². The predicted molar refractivity (Wildman–Crippen MR) is 97.1 cm³/mol. The summed E-state index contributed by atoms with van der Waals surface area (Å²) in [4.78, 5) is 23.5. The lowest BCUT2D eigenvalue weighted by molar-refractivity contribution is -0.158. The molecule has 0 aliphatic heterocycles. The SMILES string of the molecule is C#Cc1cc(OCC(=O)OC(C)(C)C)cc(OCC(=O)OC(C)(C)C)c1. The zero-order valence-electron chi connectivity index (χ0n) is 16.2. The van der Waals surface area contributed by atoms with Crippen LogP contribution in [0.15, 0.2) is 18.2 Å². The van der Waals surface area contributed by atoms with Gasteiger partial charge >= 0.3 is 11.9 Å². The lowest BCUT2D eigenvalue weighted by atomic mass is 10.2. The zero-order chi connectivity index (χ0) is 20.0. The number of carbonyl (C=O) groups excluding carboxylic acids is 2. The van der Waals surface area contributed by atoms with E-state index in [2.05, 4.69) is 5.92 Å². The van der Waals surface area contributed by atoms with Crippen molar-refractivity contribution in [3.8, 4) is 23.8 Å². The van der Waals surface area contributed by atoms with Gasteiger partial charge < -0.3 is 18.9 Å². The fourth-order valence-corrected chi connectivity index (χ4v) is 1.85. The molecule has 0 fully saturated rings. The van der Waals surface area contributed by atoms with Gasteiger partial charge in [0.2, 0.25) is 0 Å². The number of rotatable bonds is 6. The molecule has 0 N–H and O–H groups in total. The highest BCUT2D eigenvalue weighted by Crippen LogP contribution is 2.23. The second-order valence-corrected chi connectivity index (χ2v) is 7.59. The Bertz CT molecular complexity index is 635. The van der Waals surface area contributed by atoms with Crippen LogP contribution in [0.25, 0.3) is 0 Å². The van der Waals surface area contributed by atoms with Crippen LogP contribution in [-0.4, -0.2) is 36.4 Å². The normalized spacial score (nSPS) is 11.3. The minimum atomic E-state index is -0.594. The topological polar surface area (TPSA) is 71.1 Å². The number of benzene rings is 1. The summed E-state index contributed by atoms with van der Waals surface area (Å²) in [6.45, 7) is 10.1. The van der Waals surface area contributed by atoms with Gasteiger partial charge in [0.25, 0.3) is 0 Å².